The maximum Gasteiger partial charge on any atom is 0.281 e. The standard InChI is InChI=1S/C17H18N4O2S/c1-4-23-15-8-6-5-7-14(15)21-16(22)13(19-17(21)24)9-12-10-18-20(3)11(12)2/h5-10H,4H2,1-3H3,(H,19,24)/b13-9+. The van der Waals surface area contributed by atoms with E-state index in [9.17, 15) is 4.79 Å². The average Bonchev–Trinajstić information content (AvgIpc) is 3.02. The number of hydrogen-bond donors (Lipinski definition) is 1. The lowest BCUT2D eigenvalue weighted by molar-refractivity contribution is -0.113. The molecule has 24 heavy (non-hydrogen) atoms. The lowest BCUT2D eigenvalue weighted by Crippen LogP contribution is -2.30. The largest absolute Gasteiger partial charge is 0.492 e. The Morgan fingerprint density at radius 3 is 2.79 bits per heavy atom. The Morgan fingerprint density at radius 1 is 1.38 bits per heavy atom. The SMILES string of the molecule is CCOc1ccccc1N1C(=O)/C(=C\c2cnn(C)c2C)NC1=S. The molecule has 0 aliphatic carbocycles. The summed E-state index contributed by atoms with van der Waals surface area (Å²) in [6.45, 7) is 4.35. The summed E-state index contributed by atoms with van der Waals surface area (Å²) in [5.41, 5.74) is 2.89. The topological polar surface area (TPSA) is 59.4 Å². The molecule has 0 atom stereocenters. The van der Waals surface area contributed by atoms with Crippen molar-refractivity contribution in [2.45, 2.75) is 13.8 Å². The normalized spacial score (nSPS) is 16.0. The van der Waals surface area contributed by atoms with Crippen molar-refractivity contribution in [3.05, 3.63) is 47.4 Å². The molecule has 1 saturated heterocycles. The van der Waals surface area contributed by atoms with Gasteiger partial charge in [-0.3, -0.25) is 9.48 Å². The maximum absolute atomic E-state index is 12.8. The highest BCUT2D eigenvalue weighted by molar-refractivity contribution is 7.80. The van der Waals surface area contributed by atoms with Gasteiger partial charge in [-0.05, 0) is 44.3 Å². The van der Waals surface area contributed by atoms with E-state index in [1.54, 1.807) is 17.0 Å². The minimum absolute atomic E-state index is 0.213. The second-order valence-electron chi connectivity index (χ2n) is 5.34. The first-order chi connectivity index (χ1) is 11.5. The Bertz CT molecular complexity index is 841. The Labute approximate surface area is 145 Å². The molecule has 1 fully saturated rings. The Kier molecular flexibility index (Phi) is 4.35. The third-order valence-electron chi connectivity index (χ3n) is 3.86. The number of amides is 1. The molecule has 1 N–H and O–H groups in total. The highest BCUT2D eigenvalue weighted by Crippen LogP contribution is 2.31. The molecule has 0 radical (unpaired) electrons. The van der Waals surface area contributed by atoms with Gasteiger partial charge in [0.05, 0.1) is 18.5 Å². The van der Waals surface area contributed by atoms with Crippen LogP contribution in [0.3, 0.4) is 0 Å². The number of nitrogens with zero attached hydrogens (tertiary/aromatic N) is 3. The zero-order valence-corrected chi connectivity index (χ0v) is 14.6. The van der Waals surface area contributed by atoms with Crippen molar-refractivity contribution in [1.82, 2.24) is 15.1 Å². The number of benzene rings is 1. The van der Waals surface area contributed by atoms with Crippen molar-refractivity contribution >= 4 is 35.0 Å². The molecule has 1 amide bonds. The van der Waals surface area contributed by atoms with Crippen LogP contribution in [0.1, 0.15) is 18.2 Å². The Hall–Kier alpha value is -2.67. The van der Waals surface area contributed by atoms with Gasteiger partial charge in [-0.2, -0.15) is 5.10 Å². The predicted molar refractivity (Wildman–Crippen MR) is 96.8 cm³/mol. The fourth-order valence-electron chi connectivity index (χ4n) is 2.49. The van der Waals surface area contributed by atoms with E-state index in [2.05, 4.69) is 10.4 Å². The molecule has 2 heterocycles. The van der Waals surface area contributed by atoms with Crippen LogP contribution in [-0.2, 0) is 11.8 Å². The summed E-state index contributed by atoms with van der Waals surface area (Å²) in [6.07, 6.45) is 3.48. The quantitative estimate of drug-likeness (QED) is 0.683. The molecular weight excluding hydrogens is 324 g/mol. The number of para-hydroxylation sites is 2. The minimum Gasteiger partial charge on any atom is -0.492 e. The summed E-state index contributed by atoms with van der Waals surface area (Å²) < 4.78 is 7.36. The van der Waals surface area contributed by atoms with E-state index >= 15 is 0 Å². The van der Waals surface area contributed by atoms with Gasteiger partial charge in [-0.15, -0.1) is 0 Å². The number of aryl methyl sites for hydroxylation is 1. The van der Waals surface area contributed by atoms with E-state index in [1.807, 2.05) is 45.2 Å². The van der Waals surface area contributed by atoms with Crippen LogP contribution < -0.4 is 15.0 Å². The molecule has 6 nitrogen and oxygen atoms in total. The number of rotatable bonds is 4. The molecule has 0 spiro atoms. The second kappa shape index (κ2) is 6.45. The molecule has 7 heteroatoms. The first-order valence-electron chi connectivity index (χ1n) is 7.60. The van der Waals surface area contributed by atoms with Gasteiger partial charge in [-0.1, -0.05) is 12.1 Å². The maximum atomic E-state index is 12.8. The van der Waals surface area contributed by atoms with E-state index in [4.69, 9.17) is 17.0 Å². The van der Waals surface area contributed by atoms with E-state index in [0.717, 1.165) is 11.3 Å². The predicted octanol–water partition coefficient (Wildman–Crippen LogP) is 2.39. The number of nitrogens with one attached hydrogen (secondary N) is 1. The third-order valence-corrected chi connectivity index (χ3v) is 4.14. The Balaban J connectivity index is 1.97. The number of hydrogen-bond acceptors (Lipinski definition) is 4. The number of carbonyl (C=O) groups excluding carboxylic acids is 1. The first-order valence-corrected chi connectivity index (χ1v) is 8.01. The molecule has 0 bridgehead atoms. The van der Waals surface area contributed by atoms with Gasteiger partial charge in [0, 0.05) is 18.3 Å². The molecule has 0 saturated carbocycles. The zero-order valence-electron chi connectivity index (χ0n) is 13.7. The van der Waals surface area contributed by atoms with Crippen molar-refractivity contribution in [3.63, 3.8) is 0 Å². The van der Waals surface area contributed by atoms with Gasteiger partial charge in [0.1, 0.15) is 11.4 Å². The number of ether oxygens (including phenoxy) is 1. The summed E-state index contributed by atoms with van der Waals surface area (Å²) in [6, 6.07) is 7.35. The molecule has 1 aromatic carbocycles. The molecule has 1 aromatic heterocycles. The number of aromatic nitrogens is 2. The third kappa shape index (κ3) is 2.78. The van der Waals surface area contributed by atoms with Gasteiger partial charge in [0.2, 0.25) is 0 Å². The smallest absolute Gasteiger partial charge is 0.281 e. The number of anilines is 1. The number of thiocarbonyl (C=S) groups is 1. The molecule has 1 aliphatic rings. The van der Waals surface area contributed by atoms with Crippen molar-refractivity contribution in [2.24, 2.45) is 7.05 Å². The van der Waals surface area contributed by atoms with Crippen molar-refractivity contribution in [1.29, 1.82) is 0 Å². The molecular formula is C17H18N4O2S. The summed E-state index contributed by atoms with van der Waals surface area (Å²) in [7, 11) is 1.86. The molecule has 1 aliphatic heterocycles. The van der Waals surface area contributed by atoms with Crippen molar-refractivity contribution in [3.8, 4) is 5.75 Å². The Morgan fingerprint density at radius 2 is 2.12 bits per heavy atom. The molecule has 124 valence electrons. The molecule has 2 aromatic rings. The highest BCUT2D eigenvalue weighted by Gasteiger charge is 2.33. The molecule has 3 rings (SSSR count). The zero-order chi connectivity index (χ0) is 17.3. The van der Waals surface area contributed by atoms with Crippen LogP contribution in [0.4, 0.5) is 5.69 Å². The summed E-state index contributed by atoms with van der Waals surface area (Å²) >= 11 is 5.35. The highest BCUT2D eigenvalue weighted by atomic mass is 32.1. The van der Waals surface area contributed by atoms with Crippen LogP contribution >= 0.6 is 12.2 Å². The van der Waals surface area contributed by atoms with Gasteiger partial charge >= 0.3 is 0 Å². The van der Waals surface area contributed by atoms with Crippen LogP contribution in [0.2, 0.25) is 0 Å². The fraction of sp³-hybridized carbons (Fsp3) is 0.235. The van der Waals surface area contributed by atoms with Crippen molar-refractivity contribution < 1.29 is 9.53 Å². The van der Waals surface area contributed by atoms with Crippen LogP contribution in [0, 0.1) is 6.92 Å². The van der Waals surface area contributed by atoms with E-state index in [1.165, 1.54) is 4.90 Å². The second-order valence-corrected chi connectivity index (χ2v) is 5.73. The van der Waals surface area contributed by atoms with E-state index in [-0.39, 0.29) is 5.91 Å². The van der Waals surface area contributed by atoms with E-state index < -0.39 is 0 Å². The summed E-state index contributed by atoms with van der Waals surface area (Å²) in [4.78, 5) is 14.3. The van der Waals surface area contributed by atoms with Gasteiger partial charge in [0.25, 0.3) is 5.91 Å². The lowest BCUT2D eigenvalue weighted by atomic mass is 10.2. The van der Waals surface area contributed by atoms with Gasteiger partial charge in [0.15, 0.2) is 5.11 Å². The first kappa shape index (κ1) is 16.2. The monoisotopic (exact) mass is 342 g/mol. The average molecular weight is 342 g/mol. The minimum atomic E-state index is -0.213. The van der Waals surface area contributed by atoms with Crippen LogP contribution in [-0.4, -0.2) is 27.4 Å². The van der Waals surface area contributed by atoms with E-state index in [0.29, 0.717) is 28.9 Å². The van der Waals surface area contributed by atoms with Crippen LogP contribution in [0.15, 0.2) is 36.2 Å². The molecule has 0 unspecified atom stereocenters. The van der Waals surface area contributed by atoms with Crippen molar-refractivity contribution in [2.75, 3.05) is 11.5 Å². The lowest BCUT2D eigenvalue weighted by Gasteiger charge is -2.17. The summed E-state index contributed by atoms with van der Waals surface area (Å²) in [5, 5.41) is 7.50. The van der Waals surface area contributed by atoms with Crippen LogP contribution in [0.25, 0.3) is 6.08 Å². The van der Waals surface area contributed by atoms with Crippen LogP contribution in [0.5, 0.6) is 5.75 Å². The number of carbonyl (C=O) groups is 1. The fourth-order valence-corrected chi connectivity index (χ4v) is 2.78. The van der Waals surface area contributed by atoms with Gasteiger partial charge < -0.3 is 10.1 Å². The summed E-state index contributed by atoms with van der Waals surface area (Å²) in [5.74, 6) is 0.409. The van der Waals surface area contributed by atoms with Gasteiger partial charge in [-0.25, -0.2) is 4.90 Å².